The van der Waals surface area contributed by atoms with Gasteiger partial charge < -0.3 is 14.2 Å². The van der Waals surface area contributed by atoms with E-state index < -0.39 is 10.0 Å². The number of ether oxygens (including phenoxy) is 1. The van der Waals surface area contributed by atoms with Crippen LogP contribution in [0.25, 0.3) is 16.5 Å². The average molecular weight is 477 g/mol. The molecule has 1 aliphatic rings. The Labute approximate surface area is 197 Å². The summed E-state index contributed by atoms with van der Waals surface area (Å²) in [4.78, 5) is 18.2. The zero-order chi connectivity index (χ0) is 23.7. The first-order valence-corrected chi connectivity index (χ1v) is 12.5. The highest BCUT2D eigenvalue weighted by Crippen LogP contribution is 2.39. The Morgan fingerprint density at radius 1 is 1.03 bits per heavy atom. The number of aromatic nitrogens is 2. The van der Waals surface area contributed by atoms with E-state index in [9.17, 15) is 13.2 Å². The lowest BCUT2D eigenvalue weighted by molar-refractivity contribution is 0.0999. The van der Waals surface area contributed by atoms with E-state index in [4.69, 9.17) is 4.74 Å². The number of benzene rings is 3. The van der Waals surface area contributed by atoms with Crippen molar-refractivity contribution >= 4 is 32.4 Å². The van der Waals surface area contributed by atoms with Gasteiger partial charge in [-0.3, -0.25) is 4.79 Å². The topological polar surface area (TPSA) is 93.5 Å². The summed E-state index contributed by atoms with van der Waals surface area (Å²) in [5.41, 5.74) is 2.25. The van der Waals surface area contributed by atoms with Gasteiger partial charge in [-0.15, -0.1) is 0 Å². The molecule has 1 amide bonds. The molecular weight excluding hydrogens is 452 g/mol. The summed E-state index contributed by atoms with van der Waals surface area (Å²) in [6.45, 7) is 0.786. The maximum absolute atomic E-state index is 13.0. The van der Waals surface area contributed by atoms with Crippen LogP contribution < -0.4 is 14.4 Å². The molecule has 174 valence electrons. The Balaban J connectivity index is 1.16. The van der Waals surface area contributed by atoms with E-state index in [2.05, 4.69) is 9.71 Å². The van der Waals surface area contributed by atoms with Crippen LogP contribution in [0.3, 0.4) is 0 Å². The number of imidazole rings is 1. The van der Waals surface area contributed by atoms with Gasteiger partial charge in [0.05, 0.1) is 23.5 Å². The fourth-order valence-electron chi connectivity index (χ4n) is 4.17. The van der Waals surface area contributed by atoms with Gasteiger partial charge in [0.25, 0.3) is 5.91 Å². The first-order chi connectivity index (χ1) is 16.5. The second-order valence-electron chi connectivity index (χ2n) is 8.09. The fourth-order valence-corrected chi connectivity index (χ4v) is 5.45. The quantitative estimate of drug-likeness (QED) is 0.371. The zero-order valence-corrected chi connectivity index (χ0v) is 19.5. The van der Waals surface area contributed by atoms with Crippen molar-refractivity contribution in [3.8, 4) is 11.4 Å². The monoisotopic (exact) mass is 476 g/mol. The van der Waals surface area contributed by atoms with Gasteiger partial charge in [0.15, 0.2) is 0 Å². The number of carbonyl (C=O) groups excluding carboxylic acids is 1. The molecule has 4 aromatic rings. The van der Waals surface area contributed by atoms with Crippen LogP contribution in [0.5, 0.6) is 5.75 Å². The molecule has 9 heteroatoms. The largest absolute Gasteiger partial charge is 0.494 e. The van der Waals surface area contributed by atoms with E-state index >= 15 is 0 Å². The second kappa shape index (κ2) is 8.92. The minimum absolute atomic E-state index is 0.125. The maximum atomic E-state index is 13.0. The fraction of sp³-hybridized carbons (Fsp3) is 0.200. The van der Waals surface area contributed by atoms with E-state index in [1.54, 1.807) is 54.8 Å². The molecule has 2 heterocycles. The van der Waals surface area contributed by atoms with Crippen LogP contribution in [-0.4, -0.2) is 44.1 Å². The van der Waals surface area contributed by atoms with Crippen molar-refractivity contribution in [1.82, 2.24) is 14.3 Å². The molecule has 0 spiro atoms. The minimum atomic E-state index is -3.72. The minimum Gasteiger partial charge on any atom is -0.494 e. The molecule has 0 saturated carbocycles. The first kappa shape index (κ1) is 22.1. The van der Waals surface area contributed by atoms with Crippen molar-refractivity contribution in [2.45, 2.75) is 17.7 Å². The standard InChI is InChI=1S/C25H24N4O4S/c1-28-22-11-12-23(20-5-4-6-21(24(20)22)25(28)30)34(31,32)27-13-2-3-16-33-19-9-7-18(8-10-19)29-15-14-26-17-29/h4-12,14-15,17,27H,2-3,13,16H2,1H3. The normalized spacial score (nSPS) is 13.1. The van der Waals surface area contributed by atoms with Gasteiger partial charge in [0.1, 0.15) is 5.75 Å². The number of sulfonamides is 1. The van der Waals surface area contributed by atoms with Gasteiger partial charge in [-0.25, -0.2) is 18.1 Å². The third kappa shape index (κ3) is 4.04. The van der Waals surface area contributed by atoms with Crippen LogP contribution in [0.1, 0.15) is 23.2 Å². The summed E-state index contributed by atoms with van der Waals surface area (Å²) in [5, 5.41) is 1.24. The van der Waals surface area contributed by atoms with E-state index in [0.717, 1.165) is 17.1 Å². The number of anilines is 1. The van der Waals surface area contributed by atoms with E-state index in [1.807, 2.05) is 35.0 Å². The van der Waals surface area contributed by atoms with Crippen LogP contribution in [0.2, 0.25) is 0 Å². The van der Waals surface area contributed by atoms with Crippen molar-refractivity contribution < 1.29 is 17.9 Å². The summed E-state index contributed by atoms with van der Waals surface area (Å²) in [6.07, 6.45) is 6.67. The number of hydrogen-bond donors (Lipinski definition) is 1. The van der Waals surface area contributed by atoms with Crippen molar-refractivity contribution in [3.63, 3.8) is 0 Å². The highest BCUT2D eigenvalue weighted by atomic mass is 32.2. The molecule has 0 atom stereocenters. The lowest BCUT2D eigenvalue weighted by atomic mass is 10.1. The Morgan fingerprint density at radius 3 is 2.62 bits per heavy atom. The third-order valence-corrected chi connectivity index (χ3v) is 7.45. The van der Waals surface area contributed by atoms with E-state index in [-0.39, 0.29) is 10.8 Å². The molecule has 0 radical (unpaired) electrons. The smallest absolute Gasteiger partial charge is 0.258 e. The number of amides is 1. The molecule has 5 rings (SSSR count). The summed E-state index contributed by atoms with van der Waals surface area (Å²) in [7, 11) is -2.03. The van der Waals surface area contributed by atoms with Crippen molar-refractivity contribution in [2.24, 2.45) is 0 Å². The molecule has 1 aromatic heterocycles. The van der Waals surface area contributed by atoms with Crippen molar-refractivity contribution in [1.29, 1.82) is 0 Å². The van der Waals surface area contributed by atoms with Crippen molar-refractivity contribution in [3.05, 3.63) is 78.9 Å². The summed E-state index contributed by atoms with van der Waals surface area (Å²) >= 11 is 0. The molecule has 8 nitrogen and oxygen atoms in total. The molecule has 0 bridgehead atoms. The SMILES string of the molecule is CN1C(=O)c2cccc3c(S(=O)(=O)NCCCCOc4ccc(-n5ccnc5)cc4)ccc1c23. The van der Waals surface area contributed by atoms with Gasteiger partial charge in [-0.05, 0) is 55.3 Å². The highest BCUT2D eigenvalue weighted by Gasteiger charge is 2.29. The van der Waals surface area contributed by atoms with Crippen LogP contribution in [0.4, 0.5) is 5.69 Å². The number of hydrogen-bond acceptors (Lipinski definition) is 5. The molecule has 0 fully saturated rings. The zero-order valence-electron chi connectivity index (χ0n) is 18.6. The van der Waals surface area contributed by atoms with Crippen LogP contribution in [-0.2, 0) is 10.0 Å². The number of rotatable bonds is 9. The average Bonchev–Trinajstić information content (AvgIpc) is 3.47. The van der Waals surface area contributed by atoms with Crippen molar-refractivity contribution in [2.75, 3.05) is 25.1 Å². The third-order valence-electron chi connectivity index (χ3n) is 5.94. The number of nitrogens with zero attached hydrogens (tertiary/aromatic N) is 3. The van der Waals surface area contributed by atoms with Gasteiger partial charge in [0.2, 0.25) is 10.0 Å². The second-order valence-corrected chi connectivity index (χ2v) is 9.83. The Bertz CT molecular complexity index is 1450. The Morgan fingerprint density at radius 2 is 1.85 bits per heavy atom. The van der Waals surface area contributed by atoms with E-state index in [0.29, 0.717) is 42.3 Å². The lowest BCUT2D eigenvalue weighted by Crippen LogP contribution is -2.25. The summed E-state index contributed by atoms with van der Waals surface area (Å²) < 4.78 is 36.3. The van der Waals surface area contributed by atoms with Gasteiger partial charge in [-0.2, -0.15) is 0 Å². The van der Waals surface area contributed by atoms with Gasteiger partial charge in [-0.1, -0.05) is 12.1 Å². The summed E-state index contributed by atoms with van der Waals surface area (Å²) in [5.74, 6) is 0.635. The Hall–Kier alpha value is -3.69. The number of unbranched alkanes of at least 4 members (excludes halogenated alkanes) is 1. The van der Waals surface area contributed by atoms with Crippen LogP contribution >= 0.6 is 0 Å². The Kier molecular flexibility index (Phi) is 5.80. The molecule has 1 N–H and O–H groups in total. The number of nitrogens with one attached hydrogen (secondary N) is 1. The van der Waals surface area contributed by atoms with Crippen LogP contribution in [0.15, 0.2) is 78.2 Å². The molecule has 0 saturated heterocycles. The predicted octanol–water partition coefficient (Wildman–Crippen LogP) is 3.75. The molecule has 34 heavy (non-hydrogen) atoms. The first-order valence-electron chi connectivity index (χ1n) is 11.0. The predicted molar refractivity (Wildman–Crippen MR) is 130 cm³/mol. The molecule has 0 unspecified atom stereocenters. The van der Waals surface area contributed by atoms with Gasteiger partial charge in [0, 0.05) is 48.0 Å². The summed E-state index contributed by atoms with van der Waals surface area (Å²) in [6, 6.07) is 16.2. The molecular formula is C25H24N4O4S. The van der Waals surface area contributed by atoms with E-state index in [1.165, 1.54) is 0 Å². The molecule has 3 aromatic carbocycles. The highest BCUT2D eigenvalue weighted by molar-refractivity contribution is 7.89. The van der Waals surface area contributed by atoms with Gasteiger partial charge >= 0.3 is 0 Å². The molecule has 0 aliphatic carbocycles. The molecule has 1 aliphatic heterocycles. The number of carbonyl (C=O) groups is 1. The van der Waals surface area contributed by atoms with Crippen LogP contribution in [0, 0.1) is 0 Å². The maximum Gasteiger partial charge on any atom is 0.258 e. The lowest BCUT2D eigenvalue weighted by Gasteiger charge is -2.13.